The number of ether oxygens (including phenoxy) is 1. The summed E-state index contributed by atoms with van der Waals surface area (Å²) in [7, 11) is 0. The van der Waals surface area contributed by atoms with E-state index in [4.69, 9.17) is 4.74 Å². The molecule has 3 amide bonds. The lowest BCUT2D eigenvalue weighted by molar-refractivity contribution is -0.127. The summed E-state index contributed by atoms with van der Waals surface area (Å²) in [6, 6.07) is 7.06. The number of benzene rings is 1. The third kappa shape index (κ3) is 7.30. The maximum absolute atomic E-state index is 12.4. The van der Waals surface area contributed by atoms with Gasteiger partial charge in [-0.2, -0.15) is 0 Å². The van der Waals surface area contributed by atoms with Gasteiger partial charge >= 0.3 is 6.09 Å². The normalized spacial score (nSPS) is 18.4. The predicted octanol–water partition coefficient (Wildman–Crippen LogP) is 2.09. The van der Waals surface area contributed by atoms with Gasteiger partial charge in [0.1, 0.15) is 11.4 Å². The van der Waals surface area contributed by atoms with Crippen molar-refractivity contribution in [1.29, 1.82) is 0 Å². The van der Waals surface area contributed by atoms with E-state index in [2.05, 4.69) is 26.1 Å². The van der Waals surface area contributed by atoms with Crippen molar-refractivity contribution in [3.05, 3.63) is 40.4 Å². The molecule has 0 saturated heterocycles. The Bertz CT molecular complexity index is 1070. The van der Waals surface area contributed by atoms with E-state index in [1.54, 1.807) is 39.0 Å². The average molecular weight is 458 g/mol. The van der Waals surface area contributed by atoms with Crippen LogP contribution in [-0.2, 0) is 20.7 Å². The van der Waals surface area contributed by atoms with Gasteiger partial charge < -0.3 is 15.0 Å². The van der Waals surface area contributed by atoms with Gasteiger partial charge in [0.2, 0.25) is 11.8 Å². The number of amides is 3. The second-order valence-electron chi connectivity index (χ2n) is 9.26. The van der Waals surface area contributed by atoms with Crippen molar-refractivity contribution in [2.75, 3.05) is 0 Å². The molecule has 1 aliphatic rings. The highest BCUT2D eigenvalue weighted by Gasteiger charge is 2.27. The smallest absolute Gasteiger partial charge is 0.426 e. The van der Waals surface area contributed by atoms with Gasteiger partial charge in [0, 0.05) is 24.8 Å². The number of H-pyrrole nitrogens is 1. The molecule has 3 rings (SSSR count). The van der Waals surface area contributed by atoms with Crippen LogP contribution in [0.15, 0.2) is 29.1 Å². The standard InChI is InChI=1S/C23H31N5O5/c1-23(2,3)33-22(32)28-27-20(30)14-8-10-15(11-9-14)24-19(29)13-12-18-25-17-7-5-4-6-16(17)21(31)26-18/h4-7,14-15H,8-13H2,1-3H3,(H,24,29)(H,27,30)(H,28,32)(H,25,26,31). The van der Waals surface area contributed by atoms with E-state index in [-0.39, 0.29) is 35.8 Å². The molecular formula is C23H31N5O5. The largest absolute Gasteiger partial charge is 0.443 e. The minimum absolute atomic E-state index is 0.0102. The molecule has 1 heterocycles. The maximum Gasteiger partial charge on any atom is 0.426 e. The molecule has 1 fully saturated rings. The number of hydrogen-bond donors (Lipinski definition) is 4. The maximum atomic E-state index is 12.4. The Morgan fingerprint density at radius 2 is 1.79 bits per heavy atom. The number of carbonyl (C=O) groups excluding carboxylic acids is 3. The zero-order valence-electron chi connectivity index (χ0n) is 19.2. The number of para-hydroxylation sites is 1. The number of aromatic nitrogens is 2. The van der Waals surface area contributed by atoms with Crippen LogP contribution in [0.2, 0.25) is 0 Å². The van der Waals surface area contributed by atoms with Gasteiger partial charge in [0.15, 0.2) is 0 Å². The van der Waals surface area contributed by atoms with Crippen LogP contribution in [0.5, 0.6) is 0 Å². The lowest BCUT2D eigenvalue weighted by Crippen LogP contribution is -2.48. The first-order valence-electron chi connectivity index (χ1n) is 11.2. The molecular weight excluding hydrogens is 426 g/mol. The molecule has 10 nitrogen and oxygen atoms in total. The Labute approximate surface area is 191 Å². The number of nitrogens with one attached hydrogen (secondary N) is 4. The summed E-state index contributed by atoms with van der Waals surface area (Å²) in [5.41, 5.74) is 4.41. The SMILES string of the molecule is CC(C)(C)OC(=O)NNC(=O)C1CCC(NC(=O)CCc2nc3ccccc3c(=O)[nH]2)CC1. The highest BCUT2D eigenvalue weighted by Crippen LogP contribution is 2.24. The summed E-state index contributed by atoms with van der Waals surface area (Å²) < 4.78 is 5.08. The number of carbonyl (C=O) groups is 3. The number of aromatic amines is 1. The summed E-state index contributed by atoms with van der Waals surface area (Å²) in [5, 5.41) is 3.52. The number of hydrogen-bond acceptors (Lipinski definition) is 6. The van der Waals surface area contributed by atoms with Crippen LogP contribution >= 0.6 is 0 Å². The van der Waals surface area contributed by atoms with Crippen molar-refractivity contribution in [3.63, 3.8) is 0 Å². The fraction of sp³-hybridized carbons (Fsp3) is 0.522. The van der Waals surface area contributed by atoms with Crippen molar-refractivity contribution >= 4 is 28.8 Å². The second-order valence-corrected chi connectivity index (χ2v) is 9.26. The molecule has 0 aliphatic heterocycles. The van der Waals surface area contributed by atoms with Crippen LogP contribution in [0.4, 0.5) is 4.79 Å². The van der Waals surface area contributed by atoms with E-state index in [0.717, 1.165) is 0 Å². The first kappa shape index (κ1) is 24.2. The fourth-order valence-electron chi connectivity index (χ4n) is 3.80. The van der Waals surface area contributed by atoms with Crippen molar-refractivity contribution in [1.82, 2.24) is 26.1 Å². The van der Waals surface area contributed by atoms with Crippen LogP contribution in [0, 0.1) is 5.92 Å². The zero-order chi connectivity index (χ0) is 24.0. The molecule has 1 saturated carbocycles. The van der Waals surface area contributed by atoms with E-state index >= 15 is 0 Å². The second kappa shape index (κ2) is 10.5. The Balaban J connectivity index is 1.39. The third-order valence-corrected chi connectivity index (χ3v) is 5.40. The van der Waals surface area contributed by atoms with Crippen molar-refractivity contribution < 1.29 is 19.1 Å². The van der Waals surface area contributed by atoms with Crippen molar-refractivity contribution in [2.24, 2.45) is 5.92 Å². The molecule has 10 heteroatoms. The predicted molar refractivity (Wildman–Crippen MR) is 122 cm³/mol. The molecule has 0 radical (unpaired) electrons. The van der Waals surface area contributed by atoms with E-state index < -0.39 is 11.7 Å². The van der Waals surface area contributed by atoms with Gasteiger partial charge in [-0.15, -0.1) is 0 Å². The first-order chi connectivity index (χ1) is 15.6. The molecule has 2 aromatic rings. The third-order valence-electron chi connectivity index (χ3n) is 5.40. The van der Waals surface area contributed by atoms with E-state index in [1.165, 1.54) is 0 Å². The lowest BCUT2D eigenvalue weighted by Gasteiger charge is -2.28. The number of fused-ring (bicyclic) bond motifs is 1. The van der Waals surface area contributed by atoms with Crippen LogP contribution in [0.25, 0.3) is 10.9 Å². The van der Waals surface area contributed by atoms with E-state index in [0.29, 0.717) is 48.8 Å². The molecule has 178 valence electrons. The van der Waals surface area contributed by atoms with Crippen LogP contribution in [-0.4, -0.2) is 39.5 Å². The minimum Gasteiger partial charge on any atom is -0.443 e. The summed E-state index contributed by atoms with van der Waals surface area (Å²) in [6.45, 7) is 5.21. The molecule has 1 aliphatic carbocycles. The molecule has 0 unspecified atom stereocenters. The highest BCUT2D eigenvalue weighted by molar-refractivity contribution is 5.81. The van der Waals surface area contributed by atoms with E-state index in [1.807, 2.05) is 6.07 Å². The summed E-state index contributed by atoms with van der Waals surface area (Å²) in [4.78, 5) is 55.6. The minimum atomic E-state index is -0.709. The summed E-state index contributed by atoms with van der Waals surface area (Å²) in [6.07, 6.45) is 2.38. The Hall–Kier alpha value is -3.43. The first-order valence-corrected chi connectivity index (χ1v) is 11.2. The van der Waals surface area contributed by atoms with Gasteiger partial charge in [0.25, 0.3) is 5.56 Å². The molecule has 1 aromatic carbocycles. The molecule has 4 N–H and O–H groups in total. The van der Waals surface area contributed by atoms with Crippen LogP contribution in [0.3, 0.4) is 0 Å². The molecule has 33 heavy (non-hydrogen) atoms. The van der Waals surface area contributed by atoms with Crippen molar-refractivity contribution in [3.8, 4) is 0 Å². The van der Waals surface area contributed by atoms with Crippen LogP contribution in [0.1, 0.15) is 58.7 Å². The Kier molecular flexibility index (Phi) is 7.67. The summed E-state index contributed by atoms with van der Waals surface area (Å²) in [5.74, 6) is -0.144. The molecule has 0 spiro atoms. The Morgan fingerprint density at radius 1 is 1.09 bits per heavy atom. The number of nitrogens with zero attached hydrogens (tertiary/aromatic N) is 1. The highest BCUT2D eigenvalue weighted by atomic mass is 16.6. The van der Waals surface area contributed by atoms with Gasteiger partial charge in [-0.3, -0.25) is 19.8 Å². The topological polar surface area (TPSA) is 142 Å². The molecule has 1 aromatic heterocycles. The zero-order valence-corrected chi connectivity index (χ0v) is 19.2. The average Bonchev–Trinajstić information content (AvgIpc) is 2.75. The number of hydrazine groups is 1. The quantitative estimate of drug-likeness (QED) is 0.507. The Morgan fingerprint density at radius 3 is 2.48 bits per heavy atom. The lowest BCUT2D eigenvalue weighted by atomic mass is 9.85. The van der Waals surface area contributed by atoms with Gasteiger partial charge in [0.05, 0.1) is 10.9 Å². The van der Waals surface area contributed by atoms with Crippen LogP contribution < -0.4 is 21.7 Å². The van der Waals surface area contributed by atoms with Gasteiger partial charge in [-0.05, 0) is 58.6 Å². The number of rotatable bonds is 5. The monoisotopic (exact) mass is 457 g/mol. The van der Waals surface area contributed by atoms with Gasteiger partial charge in [-0.25, -0.2) is 15.2 Å². The number of aryl methyl sites for hydroxylation is 1. The molecule has 0 bridgehead atoms. The van der Waals surface area contributed by atoms with Gasteiger partial charge in [-0.1, -0.05) is 12.1 Å². The van der Waals surface area contributed by atoms with Crippen molar-refractivity contribution in [2.45, 2.75) is 70.9 Å². The molecule has 0 atom stereocenters. The summed E-state index contributed by atoms with van der Waals surface area (Å²) >= 11 is 0. The fourth-order valence-corrected chi connectivity index (χ4v) is 3.80. The van der Waals surface area contributed by atoms with E-state index in [9.17, 15) is 19.2 Å².